The zero-order valence-corrected chi connectivity index (χ0v) is 14.9. The van der Waals surface area contributed by atoms with Crippen LogP contribution in [0.5, 0.6) is 0 Å². The minimum Gasteiger partial charge on any atom is -0.461 e. The van der Waals surface area contributed by atoms with E-state index in [1.54, 1.807) is 24.3 Å². The number of fused-ring (bicyclic) bond motifs is 2. The van der Waals surface area contributed by atoms with E-state index in [2.05, 4.69) is 13.0 Å². The van der Waals surface area contributed by atoms with Gasteiger partial charge in [-0.05, 0) is 18.2 Å². The Morgan fingerprint density at radius 3 is 2.23 bits per heavy atom. The summed E-state index contributed by atoms with van der Waals surface area (Å²) in [6, 6.07) is 15.0. The van der Waals surface area contributed by atoms with Crippen molar-refractivity contribution in [1.82, 2.24) is 4.90 Å². The first kappa shape index (κ1) is 16.5. The van der Waals surface area contributed by atoms with E-state index >= 15 is 0 Å². The van der Waals surface area contributed by atoms with Crippen molar-refractivity contribution in [3.05, 3.63) is 71.0 Å². The van der Waals surface area contributed by atoms with Crippen molar-refractivity contribution in [2.45, 2.75) is 19.9 Å². The van der Waals surface area contributed by atoms with E-state index in [4.69, 9.17) is 4.42 Å². The van der Waals surface area contributed by atoms with Gasteiger partial charge in [0.25, 0.3) is 11.8 Å². The van der Waals surface area contributed by atoms with Crippen LogP contribution in [0.15, 0.2) is 52.9 Å². The van der Waals surface area contributed by atoms with Crippen LogP contribution in [0.2, 0.25) is 0 Å². The Bertz CT molecular complexity index is 970. The predicted octanol–water partition coefficient (Wildman–Crippen LogP) is 2.26. The summed E-state index contributed by atoms with van der Waals surface area (Å²) >= 11 is 0. The van der Waals surface area contributed by atoms with Gasteiger partial charge < -0.3 is 9.32 Å². The maximum atomic E-state index is 12.6. The van der Waals surface area contributed by atoms with E-state index < -0.39 is 0 Å². The number of amides is 2. The summed E-state index contributed by atoms with van der Waals surface area (Å²) in [7, 11) is 1.99. The molecule has 2 aromatic carbocycles. The van der Waals surface area contributed by atoms with Crippen LogP contribution in [0.1, 0.15) is 39.0 Å². The standard InChI is InChI=1S/C21H20N2O3/c1-3-18-17(14-8-6-7-11-19(14)26-18)12-22(2)13-23-20(24)15-9-4-5-10-16(15)21(23)25/h4-11H,3,12-13H2,1-2H3/p+1. The van der Waals surface area contributed by atoms with Crippen LogP contribution in [0.25, 0.3) is 11.0 Å². The molecule has 2 heterocycles. The minimum atomic E-state index is -0.210. The summed E-state index contributed by atoms with van der Waals surface area (Å²) in [5.41, 5.74) is 3.02. The molecule has 1 aliphatic rings. The Kier molecular flexibility index (Phi) is 4.09. The third-order valence-electron chi connectivity index (χ3n) is 4.89. The van der Waals surface area contributed by atoms with Crippen molar-refractivity contribution in [2.24, 2.45) is 0 Å². The lowest BCUT2D eigenvalue weighted by molar-refractivity contribution is -0.901. The Hall–Kier alpha value is -2.92. The Balaban J connectivity index is 1.56. The van der Waals surface area contributed by atoms with Crippen LogP contribution in [-0.4, -0.2) is 30.4 Å². The molecular formula is C21H21N2O3+. The number of aryl methyl sites for hydroxylation is 1. The summed E-state index contributed by atoms with van der Waals surface area (Å²) in [5, 5.41) is 1.10. The largest absolute Gasteiger partial charge is 0.461 e. The van der Waals surface area contributed by atoms with Gasteiger partial charge in [-0.15, -0.1) is 0 Å². The van der Waals surface area contributed by atoms with Gasteiger partial charge in [-0.1, -0.05) is 37.3 Å². The zero-order chi connectivity index (χ0) is 18.3. The van der Waals surface area contributed by atoms with Gasteiger partial charge in [0.1, 0.15) is 17.9 Å². The van der Waals surface area contributed by atoms with Crippen LogP contribution in [0, 0.1) is 0 Å². The summed E-state index contributed by atoms with van der Waals surface area (Å²) in [6.07, 6.45) is 0.810. The fraction of sp³-hybridized carbons (Fsp3) is 0.238. The van der Waals surface area contributed by atoms with Gasteiger partial charge in [-0.2, -0.15) is 0 Å². The van der Waals surface area contributed by atoms with E-state index in [-0.39, 0.29) is 11.8 Å². The average Bonchev–Trinajstić information content (AvgIpc) is 3.13. The highest BCUT2D eigenvalue weighted by Gasteiger charge is 2.37. The number of para-hydroxylation sites is 1. The monoisotopic (exact) mass is 349 g/mol. The molecule has 132 valence electrons. The maximum absolute atomic E-state index is 12.6. The number of hydrogen-bond donors (Lipinski definition) is 1. The summed E-state index contributed by atoms with van der Waals surface area (Å²) in [4.78, 5) is 27.5. The van der Waals surface area contributed by atoms with Crippen molar-refractivity contribution in [2.75, 3.05) is 13.7 Å². The van der Waals surface area contributed by atoms with Crippen LogP contribution in [0.4, 0.5) is 0 Å². The molecule has 0 aliphatic carbocycles. The fourth-order valence-corrected chi connectivity index (χ4v) is 3.64. The van der Waals surface area contributed by atoms with Crippen LogP contribution < -0.4 is 4.90 Å². The molecular weight excluding hydrogens is 328 g/mol. The molecule has 0 saturated carbocycles. The van der Waals surface area contributed by atoms with Crippen LogP contribution >= 0.6 is 0 Å². The second-order valence-corrected chi connectivity index (χ2v) is 6.73. The first-order valence-electron chi connectivity index (χ1n) is 8.86. The Morgan fingerprint density at radius 1 is 0.962 bits per heavy atom. The lowest BCUT2D eigenvalue weighted by Gasteiger charge is -2.20. The third kappa shape index (κ3) is 2.61. The predicted molar refractivity (Wildman–Crippen MR) is 98.0 cm³/mol. The summed E-state index contributed by atoms with van der Waals surface area (Å²) in [6.45, 7) is 3.09. The average molecular weight is 349 g/mol. The Morgan fingerprint density at radius 2 is 1.58 bits per heavy atom. The molecule has 5 nitrogen and oxygen atoms in total. The number of nitrogens with one attached hydrogen (secondary N) is 1. The molecule has 0 spiro atoms. The second-order valence-electron chi connectivity index (χ2n) is 6.73. The van der Waals surface area contributed by atoms with E-state index in [1.807, 2.05) is 25.2 Å². The van der Waals surface area contributed by atoms with E-state index in [1.165, 1.54) is 4.90 Å². The second kappa shape index (κ2) is 6.42. The van der Waals surface area contributed by atoms with E-state index in [0.29, 0.717) is 24.3 Å². The van der Waals surface area contributed by atoms with Gasteiger partial charge in [0.05, 0.1) is 23.7 Å². The van der Waals surface area contributed by atoms with Gasteiger partial charge in [0.15, 0.2) is 6.67 Å². The smallest absolute Gasteiger partial charge is 0.265 e. The molecule has 1 N–H and O–H groups in total. The quantitative estimate of drug-likeness (QED) is 0.719. The zero-order valence-electron chi connectivity index (χ0n) is 14.9. The van der Waals surface area contributed by atoms with Crippen molar-refractivity contribution < 1.29 is 18.9 Å². The van der Waals surface area contributed by atoms with Crippen LogP contribution in [-0.2, 0) is 13.0 Å². The highest BCUT2D eigenvalue weighted by Crippen LogP contribution is 2.26. The minimum absolute atomic E-state index is 0.210. The first-order chi connectivity index (χ1) is 12.6. The van der Waals surface area contributed by atoms with Gasteiger partial charge in [-0.25, -0.2) is 4.90 Å². The van der Waals surface area contributed by atoms with Crippen molar-refractivity contribution in [3.63, 3.8) is 0 Å². The molecule has 1 aromatic heterocycles. The Labute approximate surface area is 151 Å². The number of rotatable bonds is 5. The number of benzene rings is 2. The maximum Gasteiger partial charge on any atom is 0.265 e. The highest BCUT2D eigenvalue weighted by atomic mass is 16.3. The number of imide groups is 1. The number of carbonyl (C=O) groups is 2. The molecule has 0 fully saturated rings. The third-order valence-corrected chi connectivity index (χ3v) is 4.89. The van der Waals surface area contributed by atoms with Crippen LogP contribution in [0.3, 0.4) is 0 Å². The summed E-state index contributed by atoms with van der Waals surface area (Å²) < 4.78 is 5.95. The fourth-order valence-electron chi connectivity index (χ4n) is 3.64. The van der Waals surface area contributed by atoms with Crippen molar-refractivity contribution in [3.8, 4) is 0 Å². The SMILES string of the molecule is CCc1oc2ccccc2c1C[NH+](C)CN1C(=O)c2ccccc2C1=O. The number of nitrogens with zero attached hydrogens (tertiary/aromatic N) is 1. The molecule has 26 heavy (non-hydrogen) atoms. The molecule has 1 atom stereocenters. The molecule has 0 saturated heterocycles. The number of hydrogen-bond acceptors (Lipinski definition) is 3. The highest BCUT2D eigenvalue weighted by molar-refractivity contribution is 6.21. The molecule has 4 rings (SSSR count). The van der Waals surface area contributed by atoms with Gasteiger partial charge >= 0.3 is 0 Å². The molecule has 1 unspecified atom stereocenters. The first-order valence-corrected chi connectivity index (χ1v) is 8.86. The summed E-state index contributed by atoms with van der Waals surface area (Å²) in [5.74, 6) is 0.545. The van der Waals surface area contributed by atoms with Gasteiger partial charge in [0.2, 0.25) is 0 Å². The molecule has 1 aliphatic heterocycles. The number of carbonyl (C=O) groups excluding carboxylic acids is 2. The molecule has 0 bridgehead atoms. The topological polar surface area (TPSA) is 55.0 Å². The molecule has 2 amide bonds. The number of quaternary nitrogens is 1. The van der Waals surface area contributed by atoms with Crippen molar-refractivity contribution >= 4 is 22.8 Å². The number of furan rings is 1. The molecule has 5 heteroatoms. The van der Waals surface area contributed by atoms with E-state index in [9.17, 15) is 9.59 Å². The van der Waals surface area contributed by atoms with Gasteiger partial charge in [0, 0.05) is 11.8 Å². The molecule has 0 radical (unpaired) electrons. The normalized spacial score (nSPS) is 14.9. The molecule has 3 aromatic rings. The lowest BCUT2D eigenvalue weighted by atomic mass is 10.1. The van der Waals surface area contributed by atoms with Crippen molar-refractivity contribution in [1.29, 1.82) is 0 Å². The lowest BCUT2D eigenvalue weighted by Crippen LogP contribution is -3.09. The van der Waals surface area contributed by atoms with E-state index in [0.717, 1.165) is 33.6 Å². The van der Waals surface area contributed by atoms with Gasteiger partial charge in [-0.3, -0.25) is 9.59 Å².